The molecular weight excluding hydrogens is 488 g/mol. The molecule has 7 heteroatoms. The molecule has 2 atom stereocenters. The molecule has 2 unspecified atom stereocenters. The maximum Gasteiger partial charge on any atom is 0.254 e. The molecular formula is C32H26N4O3. The van der Waals surface area contributed by atoms with E-state index >= 15 is 0 Å². The summed E-state index contributed by atoms with van der Waals surface area (Å²) in [5.41, 5.74) is 8.24. The van der Waals surface area contributed by atoms with Gasteiger partial charge in [0.05, 0.1) is 18.1 Å². The average Bonchev–Trinajstić information content (AvgIpc) is 3.49. The standard InChI is InChI=1S/C32H26N4O3/c1-16-13-20(18(3)35(16)32-25(14-33)17(2)19(4)39-32)15-34-36-30(37)28-26-21-9-5-6-10-22(21)27(29(28)31(36)38)24-12-8-7-11-23(24)26/h5-13,15,26-29H,1-4H3/b34-15+. The Kier molecular flexibility index (Phi) is 4.89. The monoisotopic (exact) mass is 514 g/mol. The Morgan fingerprint density at radius 2 is 1.38 bits per heavy atom. The molecule has 0 saturated carbocycles. The second-order valence-electron chi connectivity index (χ2n) is 10.7. The van der Waals surface area contributed by atoms with Gasteiger partial charge in [0.15, 0.2) is 0 Å². The van der Waals surface area contributed by atoms with Gasteiger partial charge in [-0.1, -0.05) is 48.5 Å². The van der Waals surface area contributed by atoms with Crippen LogP contribution in [0.3, 0.4) is 0 Å². The van der Waals surface area contributed by atoms with Crippen LogP contribution in [-0.2, 0) is 9.59 Å². The molecule has 0 N–H and O–H groups in total. The number of benzene rings is 2. The first kappa shape index (κ1) is 23.4. The Hall–Kier alpha value is -4.70. The summed E-state index contributed by atoms with van der Waals surface area (Å²) in [6, 6.07) is 20.5. The minimum atomic E-state index is -0.468. The second kappa shape index (κ2) is 8.15. The van der Waals surface area contributed by atoms with Crippen molar-refractivity contribution in [1.82, 2.24) is 9.58 Å². The van der Waals surface area contributed by atoms with E-state index in [1.807, 2.05) is 62.6 Å². The molecule has 1 fully saturated rings. The van der Waals surface area contributed by atoms with Gasteiger partial charge in [0.2, 0.25) is 5.88 Å². The summed E-state index contributed by atoms with van der Waals surface area (Å²) in [7, 11) is 0. The Bertz CT molecular complexity index is 1680. The molecule has 3 aliphatic carbocycles. The van der Waals surface area contributed by atoms with E-state index in [0.717, 1.165) is 49.8 Å². The Labute approximate surface area is 226 Å². The van der Waals surface area contributed by atoms with Crippen molar-refractivity contribution in [3.8, 4) is 12.0 Å². The fraction of sp³-hybridized carbons (Fsp3) is 0.250. The Morgan fingerprint density at radius 3 is 1.87 bits per heavy atom. The SMILES string of the molecule is Cc1oc(-n2c(C)cc(/C=N/N3C(=O)C4C5c6ccccc6C(c6ccccc65)C4C3=O)c2C)c(C#N)c1C. The topological polar surface area (TPSA) is 91.6 Å². The molecule has 3 heterocycles. The summed E-state index contributed by atoms with van der Waals surface area (Å²) in [5, 5.41) is 15.3. The van der Waals surface area contributed by atoms with Crippen molar-refractivity contribution >= 4 is 18.0 Å². The van der Waals surface area contributed by atoms with Crippen molar-refractivity contribution in [3.05, 3.63) is 111 Å². The highest BCUT2D eigenvalue weighted by molar-refractivity contribution is 6.08. The van der Waals surface area contributed by atoms with Crippen LogP contribution in [0, 0.1) is 50.9 Å². The second-order valence-corrected chi connectivity index (χ2v) is 10.7. The van der Waals surface area contributed by atoms with Crippen LogP contribution in [0.4, 0.5) is 0 Å². The van der Waals surface area contributed by atoms with Crippen molar-refractivity contribution in [2.45, 2.75) is 39.5 Å². The fourth-order valence-corrected chi connectivity index (χ4v) is 7.02. The maximum absolute atomic E-state index is 13.8. The van der Waals surface area contributed by atoms with Gasteiger partial charge in [0.1, 0.15) is 17.4 Å². The zero-order valence-electron chi connectivity index (χ0n) is 22.1. The number of aromatic nitrogens is 1. The highest BCUT2D eigenvalue weighted by Crippen LogP contribution is 2.60. The van der Waals surface area contributed by atoms with E-state index in [4.69, 9.17) is 4.42 Å². The van der Waals surface area contributed by atoms with Crippen molar-refractivity contribution in [2.75, 3.05) is 0 Å². The predicted octanol–water partition coefficient (Wildman–Crippen LogP) is 5.40. The number of nitrogens with zero attached hydrogens (tertiary/aromatic N) is 4. The van der Waals surface area contributed by atoms with Gasteiger partial charge in [-0.05, 0) is 56.0 Å². The normalized spacial score (nSPS) is 22.8. The first-order valence-electron chi connectivity index (χ1n) is 13.1. The summed E-state index contributed by atoms with van der Waals surface area (Å²) in [6.45, 7) is 7.53. The molecule has 8 rings (SSSR count). The van der Waals surface area contributed by atoms with Gasteiger partial charge in [-0.3, -0.25) is 14.2 Å². The van der Waals surface area contributed by atoms with Crippen molar-refractivity contribution in [1.29, 1.82) is 5.26 Å². The number of rotatable bonds is 3. The van der Waals surface area contributed by atoms with Gasteiger partial charge in [0.25, 0.3) is 11.8 Å². The van der Waals surface area contributed by atoms with E-state index in [2.05, 4.69) is 35.4 Å². The van der Waals surface area contributed by atoms with Gasteiger partial charge in [0, 0.05) is 34.4 Å². The van der Waals surface area contributed by atoms with Crippen LogP contribution >= 0.6 is 0 Å². The highest BCUT2D eigenvalue weighted by atomic mass is 16.4. The van der Waals surface area contributed by atoms with E-state index in [1.165, 1.54) is 0 Å². The zero-order valence-corrected chi connectivity index (χ0v) is 22.1. The third-order valence-corrected chi connectivity index (χ3v) is 8.89. The molecule has 2 aromatic heterocycles. The van der Waals surface area contributed by atoms with Crippen LogP contribution in [0.1, 0.15) is 67.9 Å². The zero-order chi connectivity index (χ0) is 27.2. The number of amides is 2. The lowest BCUT2D eigenvalue weighted by Crippen LogP contribution is -2.41. The van der Waals surface area contributed by atoms with Gasteiger partial charge < -0.3 is 4.42 Å². The minimum absolute atomic E-state index is 0.163. The molecule has 2 aromatic carbocycles. The van der Waals surface area contributed by atoms with E-state index in [1.54, 1.807) is 6.21 Å². The van der Waals surface area contributed by atoms with Crippen LogP contribution in [-0.4, -0.2) is 27.6 Å². The van der Waals surface area contributed by atoms with E-state index in [-0.39, 0.29) is 23.7 Å². The summed E-state index contributed by atoms with van der Waals surface area (Å²) in [4.78, 5) is 27.6. The first-order chi connectivity index (χ1) is 18.8. The number of hydrazone groups is 1. The summed E-state index contributed by atoms with van der Waals surface area (Å²) < 4.78 is 7.82. The molecule has 192 valence electrons. The van der Waals surface area contributed by atoms with Crippen molar-refractivity contribution in [3.63, 3.8) is 0 Å². The van der Waals surface area contributed by atoms with Crippen LogP contribution in [0.2, 0.25) is 0 Å². The number of hydrogen-bond acceptors (Lipinski definition) is 5. The van der Waals surface area contributed by atoms with Gasteiger partial charge in [-0.2, -0.15) is 15.4 Å². The fourth-order valence-electron chi connectivity index (χ4n) is 7.02. The number of nitriles is 1. The summed E-state index contributed by atoms with van der Waals surface area (Å²) in [5.74, 6) is -0.609. The smallest absolute Gasteiger partial charge is 0.254 e. The van der Waals surface area contributed by atoms with Crippen LogP contribution in [0.5, 0.6) is 0 Å². The maximum atomic E-state index is 13.8. The number of furan rings is 1. The molecule has 1 saturated heterocycles. The number of carbonyl (C=O) groups excluding carboxylic acids is 2. The quantitative estimate of drug-likeness (QED) is 0.270. The number of imide groups is 1. The Balaban J connectivity index is 1.27. The van der Waals surface area contributed by atoms with Crippen LogP contribution < -0.4 is 0 Å². The molecule has 4 aliphatic rings. The molecule has 1 aliphatic heterocycles. The molecule has 0 radical (unpaired) electrons. The van der Waals surface area contributed by atoms with E-state index in [0.29, 0.717) is 17.2 Å². The molecule has 39 heavy (non-hydrogen) atoms. The lowest BCUT2D eigenvalue weighted by Gasteiger charge is -2.45. The third kappa shape index (κ3) is 3.00. The minimum Gasteiger partial charge on any atom is -0.443 e. The molecule has 2 bridgehead atoms. The van der Waals surface area contributed by atoms with Gasteiger partial charge >= 0.3 is 0 Å². The molecule has 4 aromatic rings. The summed E-state index contributed by atoms with van der Waals surface area (Å²) >= 11 is 0. The van der Waals surface area contributed by atoms with Gasteiger partial charge in [-0.15, -0.1) is 0 Å². The van der Waals surface area contributed by atoms with Gasteiger partial charge in [-0.25, -0.2) is 0 Å². The van der Waals surface area contributed by atoms with Crippen molar-refractivity contribution < 1.29 is 14.0 Å². The van der Waals surface area contributed by atoms with Crippen LogP contribution in [0.15, 0.2) is 64.1 Å². The Morgan fingerprint density at radius 1 is 0.872 bits per heavy atom. The predicted molar refractivity (Wildman–Crippen MR) is 145 cm³/mol. The first-order valence-corrected chi connectivity index (χ1v) is 13.1. The van der Waals surface area contributed by atoms with Crippen molar-refractivity contribution in [2.24, 2.45) is 16.9 Å². The van der Waals surface area contributed by atoms with E-state index < -0.39 is 11.8 Å². The van der Waals surface area contributed by atoms with E-state index in [9.17, 15) is 14.9 Å². The third-order valence-electron chi connectivity index (χ3n) is 8.89. The highest BCUT2D eigenvalue weighted by Gasteiger charge is 2.61. The largest absolute Gasteiger partial charge is 0.443 e. The molecule has 0 spiro atoms. The lowest BCUT2D eigenvalue weighted by molar-refractivity contribution is -0.139. The number of hydrogen-bond donors (Lipinski definition) is 0. The summed E-state index contributed by atoms with van der Waals surface area (Å²) in [6.07, 6.45) is 1.57. The van der Waals surface area contributed by atoms with Crippen LogP contribution in [0.25, 0.3) is 5.88 Å². The number of carbonyl (C=O) groups is 2. The lowest BCUT2D eigenvalue weighted by atomic mass is 9.55. The number of aryl methyl sites for hydroxylation is 2. The molecule has 7 nitrogen and oxygen atoms in total. The average molecular weight is 515 g/mol. The molecule has 2 amide bonds.